The summed E-state index contributed by atoms with van der Waals surface area (Å²) in [4.78, 5) is 6.85. The maximum atomic E-state index is 5.85. The van der Waals surface area contributed by atoms with E-state index in [0.29, 0.717) is 30.3 Å². The molecule has 0 unspecified atom stereocenters. The molecule has 158 valence electrons. The Balaban J connectivity index is 1.31. The van der Waals surface area contributed by atoms with Gasteiger partial charge in [-0.1, -0.05) is 40.7 Å². The Kier molecular flexibility index (Phi) is 5.22. The van der Waals surface area contributed by atoms with E-state index >= 15 is 0 Å². The first-order chi connectivity index (χ1) is 14.7. The number of nitrogens with zero attached hydrogens (tertiary/aromatic N) is 6. The van der Waals surface area contributed by atoms with Crippen LogP contribution in [-0.4, -0.2) is 58.5 Å². The maximum absolute atomic E-state index is 5.85. The van der Waals surface area contributed by atoms with Crippen molar-refractivity contribution < 1.29 is 14.0 Å². The van der Waals surface area contributed by atoms with Crippen LogP contribution in [0.25, 0.3) is 11.4 Å². The SMILES string of the molecule is COCc1cn([C@@H]2C[C@@H]3CN(c4nc(-c5ccccc5)no4)C[C@@H]3C[C@H]2OC)nn1. The number of benzene rings is 1. The highest BCUT2D eigenvalue weighted by molar-refractivity contribution is 5.55. The van der Waals surface area contributed by atoms with E-state index in [1.807, 2.05) is 41.2 Å². The van der Waals surface area contributed by atoms with Crippen molar-refractivity contribution in [3.05, 3.63) is 42.2 Å². The third-order valence-corrected chi connectivity index (χ3v) is 6.30. The van der Waals surface area contributed by atoms with Gasteiger partial charge >= 0.3 is 6.01 Å². The Labute approximate surface area is 175 Å². The van der Waals surface area contributed by atoms with Crippen molar-refractivity contribution in [2.75, 3.05) is 32.2 Å². The van der Waals surface area contributed by atoms with E-state index in [4.69, 9.17) is 14.0 Å². The molecule has 0 amide bonds. The van der Waals surface area contributed by atoms with Crippen LogP contribution < -0.4 is 4.90 Å². The van der Waals surface area contributed by atoms with Gasteiger partial charge in [0.15, 0.2) is 0 Å². The predicted molar refractivity (Wildman–Crippen MR) is 109 cm³/mol. The van der Waals surface area contributed by atoms with Crippen molar-refractivity contribution in [3.63, 3.8) is 0 Å². The monoisotopic (exact) mass is 410 g/mol. The van der Waals surface area contributed by atoms with Crippen LogP contribution in [0.15, 0.2) is 41.1 Å². The molecule has 2 aromatic heterocycles. The van der Waals surface area contributed by atoms with E-state index in [2.05, 4.69) is 25.4 Å². The van der Waals surface area contributed by atoms with Crippen molar-refractivity contribution in [2.24, 2.45) is 11.8 Å². The summed E-state index contributed by atoms with van der Waals surface area (Å²) in [5, 5.41) is 12.7. The van der Waals surface area contributed by atoms with Crippen LogP contribution in [0.1, 0.15) is 24.6 Å². The van der Waals surface area contributed by atoms with Gasteiger partial charge in [-0.15, -0.1) is 5.10 Å². The lowest BCUT2D eigenvalue weighted by molar-refractivity contribution is -0.00544. The summed E-state index contributed by atoms with van der Waals surface area (Å²) in [5.74, 6) is 1.67. The highest BCUT2D eigenvalue weighted by Gasteiger charge is 2.44. The summed E-state index contributed by atoms with van der Waals surface area (Å²) in [6.45, 7) is 2.26. The van der Waals surface area contributed by atoms with Crippen LogP contribution in [0, 0.1) is 11.8 Å². The van der Waals surface area contributed by atoms with E-state index in [1.165, 1.54) is 0 Å². The van der Waals surface area contributed by atoms with Gasteiger partial charge in [0.25, 0.3) is 0 Å². The smallest absolute Gasteiger partial charge is 0.324 e. The van der Waals surface area contributed by atoms with Gasteiger partial charge in [-0.2, -0.15) is 4.98 Å². The number of hydrogen-bond donors (Lipinski definition) is 0. The minimum absolute atomic E-state index is 0.103. The zero-order valence-electron chi connectivity index (χ0n) is 17.2. The van der Waals surface area contributed by atoms with Gasteiger partial charge in [0.05, 0.1) is 24.9 Å². The molecule has 0 radical (unpaired) electrons. The molecular formula is C21H26N6O3. The first-order valence-electron chi connectivity index (χ1n) is 10.3. The van der Waals surface area contributed by atoms with E-state index in [0.717, 1.165) is 37.2 Å². The molecule has 1 aliphatic heterocycles. The summed E-state index contributed by atoms with van der Waals surface area (Å²) in [7, 11) is 3.44. The molecular weight excluding hydrogens is 384 g/mol. The third-order valence-electron chi connectivity index (χ3n) is 6.30. The average molecular weight is 410 g/mol. The van der Waals surface area contributed by atoms with E-state index in [1.54, 1.807) is 14.2 Å². The lowest BCUT2D eigenvalue weighted by Gasteiger charge is -2.36. The number of aromatic nitrogens is 5. The van der Waals surface area contributed by atoms with Crippen LogP contribution in [0.5, 0.6) is 0 Å². The van der Waals surface area contributed by atoms with Crippen molar-refractivity contribution in [3.8, 4) is 11.4 Å². The summed E-state index contributed by atoms with van der Waals surface area (Å²) >= 11 is 0. The van der Waals surface area contributed by atoms with Gasteiger partial charge < -0.3 is 18.9 Å². The molecule has 9 nitrogen and oxygen atoms in total. The van der Waals surface area contributed by atoms with Crippen molar-refractivity contribution in [1.82, 2.24) is 25.1 Å². The van der Waals surface area contributed by atoms with Crippen molar-refractivity contribution in [1.29, 1.82) is 0 Å². The highest BCUT2D eigenvalue weighted by Crippen LogP contribution is 2.43. The molecule has 2 fully saturated rings. The lowest BCUT2D eigenvalue weighted by Crippen LogP contribution is -2.37. The fourth-order valence-electron chi connectivity index (χ4n) is 4.82. The number of anilines is 1. The van der Waals surface area contributed by atoms with Gasteiger partial charge in [-0.05, 0) is 24.7 Å². The van der Waals surface area contributed by atoms with E-state index < -0.39 is 0 Å². The second kappa shape index (κ2) is 8.16. The summed E-state index contributed by atoms with van der Waals surface area (Å²) < 4.78 is 18.6. The number of hydrogen-bond acceptors (Lipinski definition) is 8. The van der Waals surface area contributed by atoms with E-state index in [-0.39, 0.29) is 12.1 Å². The Morgan fingerprint density at radius 3 is 2.67 bits per heavy atom. The standard InChI is InChI=1S/C21H26N6O3/c1-28-13-17-12-27(25-23-17)18-8-15-10-26(11-16(15)9-19(18)29-2)21-22-20(24-30-21)14-6-4-3-5-7-14/h3-7,12,15-16,18-19H,8-11,13H2,1-2H3/t15-,16+,18-,19-/m1/s1. The Bertz CT molecular complexity index is 974. The molecule has 2 aliphatic rings. The number of methoxy groups -OCH3 is 2. The fourth-order valence-corrected chi connectivity index (χ4v) is 4.82. The molecule has 1 saturated heterocycles. The van der Waals surface area contributed by atoms with Crippen molar-refractivity contribution >= 4 is 6.01 Å². The van der Waals surface area contributed by atoms with Gasteiger partial charge in [0, 0.05) is 32.9 Å². The van der Waals surface area contributed by atoms with Crippen LogP contribution in [-0.2, 0) is 16.1 Å². The zero-order valence-corrected chi connectivity index (χ0v) is 17.2. The summed E-state index contributed by atoms with van der Waals surface area (Å²) in [5.41, 5.74) is 1.79. The molecule has 9 heteroatoms. The van der Waals surface area contributed by atoms with Gasteiger partial charge in [-0.3, -0.25) is 0 Å². The van der Waals surface area contributed by atoms with Crippen LogP contribution >= 0.6 is 0 Å². The fraction of sp³-hybridized carbons (Fsp3) is 0.524. The molecule has 30 heavy (non-hydrogen) atoms. The second-order valence-corrected chi connectivity index (χ2v) is 8.13. The Morgan fingerprint density at radius 1 is 1.10 bits per heavy atom. The van der Waals surface area contributed by atoms with Gasteiger partial charge in [0.2, 0.25) is 5.82 Å². The average Bonchev–Trinajstić information content (AvgIpc) is 3.52. The number of rotatable bonds is 6. The van der Waals surface area contributed by atoms with Gasteiger partial charge in [0.1, 0.15) is 5.69 Å². The van der Waals surface area contributed by atoms with Crippen LogP contribution in [0.2, 0.25) is 0 Å². The van der Waals surface area contributed by atoms with E-state index in [9.17, 15) is 0 Å². The molecule has 1 saturated carbocycles. The number of fused-ring (bicyclic) bond motifs is 1. The molecule has 4 atom stereocenters. The zero-order chi connectivity index (χ0) is 20.5. The highest BCUT2D eigenvalue weighted by atomic mass is 16.5. The summed E-state index contributed by atoms with van der Waals surface area (Å²) in [6, 6.07) is 10.7. The van der Waals surface area contributed by atoms with Crippen LogP contribution in [0.4, 0.5) is 6.01 Å². The molecule has 1 aromatic carbocycles. The minimum Gasteiger partial charge on any atom is -0.379 e. The first kappa shape index (κ1) is 19.2. The molecule has 0 N–H and O–H groups in total. The molecule has 1 aliphatic carbocycles. The largest absolute Gasteiger partial charge is 0.379 e. The van der Waals surface area contributed by atoms with Crippen molar-refractivity contribution in [2.45, 2.75) is 31.6 Å². The first-order valence-corrected chi connectivity index (χ1v) is 10.3. The molecule has 3 heterocycles. The molecule has 0 bridgehead atoms. The predicted octanol–water partition coefficient (Wildman–Crippen LogP) is 2.58. The van der Waals surface area contributed by atoms with Gasteiger partial charge in [-0.25, -0.2) is 4.68 Å². The minimum atomic E-state index is 0.103. The third kappa shape index (κ3) is 3.59. The quantitative estimate of drug-likeness (QED) is 0.612. The normalized spacial score (nSPS) is 26.1. The second-order valence-electron chi connectivity index (χ2n) is 8.13. The summed E-state index contributed by atoms with van der Waals surface area (Å²) in [6.07, 6.45) is 4.03. The number of ether oxygens (including phenoxy) is 2. The topological polar surface area (TPSA) is 91.3 Å². The Hall–Kier alpha value is -2.78. The Morgan fingerprint density at radius 2 is 1.90 bits per heavy atom. The molecule has 0 spiro atoms. The van der Waals surface area contributed by atoms with Crippen LogP contribution in [0.3, 0.4) is 0 Å². The molecule has 3 aromatic rings. The molecule has 5 rings (SSSR count). The maximum Gasteiger partial charge on any atom is 0.324 e. The lowest BCUT2D eigenvalue weighted by atomic mass is 9.77.